The summed E-state index contributed by atoms with van der Waals surface area (Å²) in [7, 11) is 0. The highest BCUT2D eigenvalue weighted by atomic mass is 14.6. The van der Waals surface area contributed by atoms with Gasteiger partial charge in [-0.3, -0.25) is 0 Å². The molecular weight excluding hydrogens is 288 g/mol. The minimum Gasteiger partial charge on any atom is -0.0851 e. The van der Waals surface area contributed by atoms with E-state index in [4.69, 9.17) is 0 Å². The summed E-state index contributed by atoms with van der Waals surface area (Å²) in [5, 5.41) is 0. The summed E-state index contributed by atoms with van der Waals surface area (Å²) in [5.41, 5.74) is 2.74. The number of hydrogen-bond donors (Lipinski definition) is 0. The van der Waals surface area contributed by atoms with Gasteiger partial charge in [0, 0.05) is 0 Å². The van der Waals surface area contributed by atoms with Crippen LogP contribution in [0.3, 0.4) is 0 Å². The van der Waals surface area contributed by atoms with Gasteiger partial charge in [0.25, 0.3) is 0 Å². The lowest BCUT2D eigenvalue weighted by molar-refractivity contribution is -0.0316. The molecule has 0 amide bonds. The van der Waals surface area contributed by atoms with Crippen molar-refractivity contribution in [1.82, 2.24) is 0 Å². The molecule has 0 nitrogen and oxygen atoms in total. The second-order valence-corrected chi connectivity index (χ2v) is 9.46. The fraction of sp³-hybridized carbons (Fsp3) is 0.917. The lowest BCUT2D eigenvalue weighted by Gasteiger charge is -2.54. The lowest BCUT2D eigenvalue weighted by Crippen LogP contribution is -2.46. The van der Waals surface area contributed by atoms with E-state index in [-0.39, 0.29) is 0 Å². The van der Waals surface area contributed by atoms with Crippen LogP contribution in [0.15, 0.2) is 11.6 Å². The van der Waals surface area contributed by atoms with Gasteiger partial charge in [0.2, 0.25) is 0 Å². The summed E-state index contributed by atoms with van der Waals surface area (Å²) in [5.74, 6) is 3.81. The molecule has 0 aliphatic heterocycles. The number of hydrogen-bond acceptors (Lipinski definition) is 0. The number of allylic oxidation sites excluding steroid dienone is 2. The molecule has 0 heterocycles. The lowest BCUT2D eigenvalue weighted by atomic mass is 9.51. The second kappa shape index (κ2) is 7.96. The molecule has 0 N–H and O–H groups in total. The van der Waals surface area contributed by atoms with E-state index in [0.29, 0.717) is 10.8 Å². The third-order valence-corrected chi connectivity index (χ3v) is 8.79. The normalized spacial score (nSPS) is 39.5. The highest BCUT2D eigenvalue weighted by Crippen LogP contribution is 2.63. The van der Waals surface area contributed by atoms with Gasteiger partial charge in [-0.15, -0.1) is 0 Å². The third-order valence-electron chi connectivity index (χ3n) is 8.79. The number of fused-ring (bicyclic) bond motifs is 1. The van der Waals surface area contributed by atoms with Crippen LogP contribution >= 0.6 is 0 Å². The summed E-state index contributed by atoms with van der Waals surface area (Å²) < 4.78 is 0. The van der Waals surface area contributed by atoms with E-state index in [1.165, 1.54) is 57.8 Å². The Morgan fingerprint density at radius 2 is 1.79 bits per heavy atom. The maximum Gasteiger partial charge on any atom is -0.00908 e. The average molecular weight is 333 g/mol. The SMILES string of the molecule is CCC/C=C(\C)C(C)(CC)C1CCC2(C)C(CC)CCC2[C@@H]1CC. The molecule has 0 heteroatoms. The van der Waals surface area contributed by atoms with Gasteiger partial charge < -0.3 is 0 Å². The van der Waals surface area contributed by atoms with E-state index in [1.54, 1.807) is 5.57 Å². The molecule has 2 aliphatic rings. The Morgan fingerprint density at radius 1 is 1.08 bits per heavy atom. The number of unbranched alkanes of at least 4 members (excludes halogenated alkanes) is 1. The summed E-state index contributed by atoms with van der Waals surface area (Å²) in [6, 6.07) is 0. The van der Waals surface area contributed by atoms with Crippen LogP contribution in [0.1, 0.15) is 106 Å². The zero-order valence-electron chi connectivity index (χ0n) is 17.8. The maximum absolute atomic E-state index is 2.65. The molecule has 0 bridgehead atoms. The molecule has 2 aliphatic carbocycles. The molecule has 2 rings (SSSR count). The second-order valence-electron chi connectivity index (χ2n) is 9.46. The molecule has 0 spiro atoms. The van der Waals surface area contributed by atoms with E-state index in [2.05, 4.69) is 54.5 Å². The molecule has 0 aromatic heterocycles. The first-order valence-corrected chi connectivity index (χ1v) is 11.1. The molecule has 2 fully saturated rings. The van der Waals surface area contributed by atoms with Crippen molar-refractivity contribution in [2.75, 3.05) is 0 Å². The Balaban J connectivity index is 2.31. The van der Waals surface area contributed by atoms with E-state index < -0.39 is 0 Å². The van der Waals surface area contributed by atoms with E-state index in [9.17, 15) is 0 Å². The van der Waals surface area contributed by atoms with Crippen LogP contribution in [0, 0.1) is 34.5 Å². The van der Waals surface area contributed by atoms with Crippen LogP contribution in [0.25, 0.3) is 0 Å². The van der Waals surface area contributed by atoms with E-state index >= 15 is 0 Å². The Labute approximate surface area is 152 Å². The first kappa shape index (κ1) is 20.1. The first-order chi connectivity index (χ1) is 11.4. The predicted molar refractivity (Wildman–Crippen MR) is 108 cm³/mol. The quantitative estimate of drug-likeness (QED) is 0.414. The fourth-order valence-electron chi connectivity index (χ4n) is 6.85. The minimum absolute atomic E-state index is 0.418. The van der Waals surface area contributed by atoms with Crippen molar-refractivity contribution < 1.29 is 0 Å². The monoisotopic (exact) mass is 332 g/mol. The van der Waals surface area contributed by atoms with Gasteiger partial charge in [0.1, 0.15) is 0 Å². The first-order valence-electron chi connectivity index (χ1n) is 11.1. The van der Waals surface area contributed by atoms with Crippen LogP contribution in [-0.2, 0) is 0 Å². The van der Waals surface area contributed by atoms with Gasteiger partial charge in [-0.25, -0.2) is 0 Å². The molecular formula is C24H44. The van der Waals surface area contributed by atoms with E-state index in [1.807, 2.05) is 0 Å². The summed E-state index contributed by atoms with van der Waals surface area (Å²) in [6.07, 6.45) is 15.1. The highest BCUT2D eigenvalue weighted by molar-refractivity contribution is 5.16. The molecule has 0 saturated heterocycles. The Kier molecular flexibility index (Phi) is 6.65. The van der Waals surface area contributed by atoms with Crippen molar-refractivity contribution in [3.8, 4) is 0 Å². The van der Waals surface area contributed by atoms with Gasteiger partial charge in [-0.1, -0.05) is 72.5 Å². The van der Waals surface area contributed by atoms with Gasteiger partial charge in [-0.05, 0) is 80.0 Å². The topological polar surface area (TPSA) is 0 Å². The van der Waals surface area contributed by atoms with Crippen molar-refractivity contribution in [2.45, 2.75) is 106 Å². The Bertz CT molecular complexity index is 433. The van der Waals surface area contributed by atoms with Crippen molar-refractivity contribution in [2.24, 2.45) is 34.5 Å². The zero-order valence-corrected chi connectivity index (χ0v) is 17.8. The van der Waals surface area contributed by atoms with Crippen molar-refractivity contribution in [3.05, 3.63) is 11.6 Å². The van der Waals surface area contributed by atoms with Gasteiger partial charge in [0.15, 0.2) is 0 Å². The van der Waals surface area contributed by atoms with E-state index in [0.717, 1.165) is 23.7 Å². The van der Waals surface area contributed by atoms with Crippen LogP contribution < -0.4 is 0 Å². The van der Waals surface area contributed by atoms with Crippen LogP contribution in [0.5, 0.6) is 0 Å². The minimum atomic E-state index is 0.418. The largest absolute Gasteiger partial charge is 0.0851 e. The Hall–Kier alpha value is -0.260. The predicted octanol–water partition coefficient (Wildman–Crippen LogP) is 8.03. The zero-order chi connectivity index (χ0) is 18.0. The van der Waals surface area contributed by atoms with Gasteiger partial charge >= 0.3 is 0 Å². The molecule has 2 saturated carbocycles. The smallest absolute Gasteiger partial charge is 0.00908 e. The van der Waals surface area contributed by atoms with Crippen molar-refractivity contribution >= 4 is 0 Å². The fourth-order valence-corrected chi connectivity index (χ4v) is 6.85. The van der Waals surface area contributed by atoms with Gasteiger partial charge in [0.05, 0.1) is 0 Å². The van der Waals surface area contributed by atoms with Crippen LogP contribution in [0.2, 0.25) is 0 Å². The maximum atomic E-state index is 2.65. The van der Waals surface area contributed by atoms with Gasteiger partial charge in [-0.2, -0.15) is 0 Å². The molecule has 0 radical (unpaired) electrons. The molecule has 0 aromatic carbocycles. The molecule has 6 atom stereocenters. The van der Waals surface area contributed by atoms with Crippen molar-refractivity contribution in [1.29, 1.82) is 0 Å². The van der Waals surface area contributed by atoms with Crippen molar-refractivity contribution in [3.63, 3.8) is 0 Å². The summed E-state index contributed by atoms with van der Waals surface area (Å²) in [6.45, 7) is 17.3. The van der Waals surface area contributed by atoms with Crippen LogP contribution in [-0.4, -0.2) is 0 Å². The number of rotatable bonds is 7. The average Bonchev–Trinajstić information content (AvgIpc) is 2.94. The molecule has 0 aromatic rings. The molecule has 5 unspecified atom stereocenters. The molecule has 140 valence electrons. The Morgan fingerprint density at radius 3 is 2.33 bits per heavy atom. The standard InChI is InChI=1S/C24H44/c1-8-12-13-18(5)23(6,11-4)22-16-17-24(7)19(9-2)14-15-21(24)20(22)10-3/h13,19-22H,8-12,14-17H2,1-7H3/b18-13+/t19?,20-,21?,22?,23?,24?/m0/s1. The third kappa shape index (κ3) is 3.24. The highest BCUT2D eigenvalue weighted by Gasteiger charge is 2.55. The van der Waals surface area contributed by atoms with Crippen LogP contribution in [0.4, 0.5) is 0 Å². The summed E-state index contributed by atoms with van der Waals surface area (Å²) in [4.78, 5) is 0. The summed E-state index contributed by atoms with van der Waals surface area (Å²) >= 11 is 0. The molecule has 24 heavy (non-hydrogen) atoms.